The maximum atomic E-state index is 11.4. The van der Waals surface area contributed by atoms with Gasteiger partial charge in [-0.15, -0.1) is 0 Å². The van der Waals surface area contributed by atoms with Crippen LogP contribution in [0.5, 0.6) is 5.75 Å². The Morgan fingerprint density at radius 3 is 0.982 bits per heavy atom. The van der Waals surface area contributed by atoms with Crippen LogP contribution < -0.4 is 42.4 Å². The monoisotopic (exact) mass is 815 g/mol. The molecule has 1 aromatic rings. The van der Waals surface area contributed by atoms with E-state index >= 15 is 0 Å². The standard InChI is InChI=1S/2C16H36N.C12H16N4O6.FH/c2*1-5-9-13-17(14-10-6-2,15-11-7-3)16-12-8-4;1-6(17)13-14-7(18)4-2-3-5-8(19)15-16-9-10(20)12(22)11(9)21;/h2*5-16H2,1-4H3;16,20H,2-5H2,1H3,(H,13,17)(H,14,18)(H,15,19);1H/q2*+1;;/p-2. The Kier molecular flexibility index (Phi) is 38.0. The van der Waals surface area contributed by atoms with Gasteiger partial charge in [0, 0.05) is 19.8 Å². The predicted octanol–water partition coefficient (Wildman–Crippen LogP) is 4.54. The van der Waals surface area contributed by atoms with E-state index in [9.17, 15) is 29.1 Å². The minimum atomic E-state index is -1.11. The van der Waals surface area contributed by atoms with E-state index in [4.69, 9.17) is 0 Å². The minimum Gasteiger partial charge on any atom is -1.00 e. The number of amides is 3. The number of nitrogens with one attached hydrogen (secondary N) is 4. The van der Waals surface area contributed by atoms with E-state index in [2.05, 4.69) is 77.1 Å². The summed E-state index contributed by atoms with van der Waals surface area (Å²) >= 11 is 0. The number of hydrogen-bond acceptors (Lipinski definition) is 7. The van der Waals surface area contributed by atoms with Crippen molar-refractivity contribution in [3.8, 4) is 5.75 Å². The quantitative estimate of drug-likeness (QED) is 0.0372. The number of nitrogens with zero attached hydrogens (tertiary/aromatic N) is 2. The van der Waals surface area contributed by atoms with Gasteiger partial charge in [0.1, 0.15) is 5.69 Å². The molecule has 336 valence electrons. The summed E-state index contributed by atoms with van der Waals surface area (Å²) in [6, 6.07) is 0. The van der Waals surface area contributed by atoms with Crippen molar-refractivity contribution in [3.05, 3.63) is 20.4 Å². The maximum absolute atomic E-state index is 11.4. The Morgan fingerprint density at radius 1 is 0.456 bits per heavy atom. The van der Waals surface area contributed by atoms with E-state index in [1.807, 2.05) is 0 Å². The number of unbranched alkanes of at least 4 members (excludes halogenated alkanes) is 9. The number of hydrogen-bond donors (Lipinski definition) is 4. The summed E-state index contributed by atoms with van der Waals surface area (Å²) in [5.41, 5.74) is 6.01. The number of halogens is 1. The van der Waals surface area contributed by atoms with Crippen LogP contribution in [0.3, 0.4) is 0 Å². The molecule has 0 saturated heterocycles. The lowest BCUT2D eigenvalue weighted by Crippen LogP contribution is -3.00. The van der Waals surface area contributed by atoms with E-state index in [0.717, 1.165) is 0 Å². The van der Waals surface area contributed by atoms with Crippen molar-refractivity contribution in [2.75, 3.05) is 57.8 Å². The summed E-state index contributed by atoms with van der Waals surface area (Å²) in [6.07, 6.45) is 23.1. The molecule has 0 atom stereocenters. The molecule has 3 amide bonds. The van der Waals surface area contributed by atoms with Gasteiger partial charge in [-0.1, -0.05) is 107 Å². The van der Waals surface area contributed by atoms with Gasteiger partial charge in [0.2, 0.25) is 28.6 Å². The summed E-state index contributed by atoms with van der Waals surface area (Å²) in [7, 11) is 0. The predicted molar refractivity (Wildman–Crippen MR) is 232 cm³/mol. The first-order valence-electron chi connectivity index (χ1n) is 22.6. The van der Waals surface area contributed by atoms with Crippen LogP contribution in [-0.2, 0) is 14.4 Å². The molecule has 4 N–H and O–H groups in total. The first-order valence-corrected chi connectivity index (χ1v) is 22.6. The average molecular weight is 815 g/mol. The average Bonchev–Trinajstić information content (AvgIpc) is 3.20. The Bertz CT molecular complexity index is 1110. The van der Waals surface area contributed by atoms with Gasteiger partial charge in [0.05, 0.1) is 52.4 Å². The van der Waals surface area contributed by atoms with Crippen molar-refractivity contribution in [3.63, 3.8) is 0 Å². The third kappa shape index (κ3) is 28.1. The zero-order valence-corrected chi connectivity index (χ0v) is 38.0. The fourth-order valence-corrected chi connectivity index (χ4v) is 6.76. The molecular formula is C44H87FN6O6. The first kappa shape index (κ1) is 58.3. The molecule has 1 aromatic carbocycles. The molecule has 0 aromatic heterocycles. The third-order valence-corrected chi connectivity index (χ3v) is 10.5. The molecule has 13 heteroatoms. The summed E-state index contributed by atoms with van der Waals surface area (Å²) < 4.78 is 2.84. The van der Waals surface area contributed by atoms with Gasteiger partial charge < -0.3 is 18.8 Å². The van der Waals surface area contributed by atoms with Crippen LogP contribution in [0.1, 0.15) is 191 Å². The molecule has 0 aliphatic carbocycles. The number of carbonyl (C=O) groups excluding carboxylic acids is 3. The van der Waals surface area contributed by atoms with Crippen molar-refractivity contribution in [2.24, 2.45) is 0 Å². The molecule has 12 nitrogen and oxygen atoms in total. The topological polar surface area (TPSA) is 157 Å². The Labute approximate surface area is 346 Å². The lowest BCUT2D eigenvalue weighted by Gasteiger charge is -2.39. The second-order valence-electron chi connectivity index (χ2n) is 15.8. The van der Waals surface area contributed by atoms with Crippen LogP contribution in [0.25, 0.3) is 0 Å². The van der Waals surface area contributed by atoms with Crippen LogP contribution >= 0.6 is 0 Å². The zero-order chi connectivity index (χ0) is 42.7. The van der Waals surface area contributed by atoms with Crippen LogP contribution in [0.4, 0.5) is 5.69 Å². The highest BCUT2D eigenvalue weighted by Gasteiger charge is 2.26. The Morgan fingerprint density at radius 2 is 0.737 bits per heavy atom. The minimum absolute atomic E-state index is 0. The second-order valence-corrected chi connectivity index (χ2v) is 15.8. The summed E-state index contributed by atoms with van der Waals surface area (Å²) in [4.78, 5) is 54.7. The highest BCUT2D eigenvalue weighted by atomic mass is 19.0. The molecule has 0 aliphatic heterocycles. The van der Waals surface area contributed by atoms with E-state index in [-0.39, 0.29) is 23.5 Å². The molecule has 0 saturated carbocycles. The van der Waals surface area contributed by atoms with E-state index in [0.29, 0.717) is 12.8 Å². The van der Waals surface area contributed by atoms with E-state index < -0.39 is 34.1 Å². The summed E-state index contributed by atoms with van der Waals surface area (Å²) in [6.45, 7) is 31.3. The largest absolute Gasteiger partial charge is 1.00 e. The van der Waals surface area contributed by atoms with Gasteiger partial charge in [-0.25, -0.2) is 0 Å². The van der Waals surface area contributed by atoms with Gasteiger partial charge in [0.25, 0.3) is 0 Å². The molecule has 0 fully saturated rings. The van der Waals surface area contributed by atoms with Crippen LogP contribution in [0, 0.1) is 0 Å². The van der Waals surface area contributed by atoms with Gasteiger partial charge >= 0.3 is 0 Å². The molecule has 0 aliphatic rings. The molecule has 57 heavy (non-hydrogen) atoms. The molecular weight excluding hydrogens is 728 g/mol. The lowest BCUT2D eigenvalue weighted by atomic mass is 10.1. The fraction of sp³-hybridized carbons (Fsp3) is 0.841. The molecule has 0 radical (unpaired) electrons. The van der Waals surface area contributed by atoms with Crippen LogP contribution in [0.2, 0.25) is 0 Å². The fourth-order valence-electron chi connectivity index (χ4n) is 6.76. The van der Waals surface area contributed by atoms with Gasteiger partial charge in [-0.2, -0.15) is 0 Å². The van der Waals surface area contributed by atoms with E-state index in [1.54, 1.807) is 0 Å². The van der Waals surface area contributed by atoms with Crippen molar-refractivity contribution in [2.45, 2.75) is 191 Å². The Hall–Kier alpha value is -3.06. The molecule has 0 spiro atoms. The SMILES string of the molecule is CC(=O)NNC(=O)CCCCC(=O)NNc1c([O-])c(=O)c1=O.CCCC[N+](CCCC)(CCCC)CCCC.CCCC[N+](CCCC)(CCCC)CCCC.[F-]. The first-order chi connectivity index (χ1) is 26.8. The summed E-state index contributed by atoms with van der Waals surface area (Å²) in [5, 5.41) is 10.9. The van der Waals surface area contributed by atoms with Crippen molar-refractivity contribution in [1.29, 1.82) is 0 Å². The molecule has 0 heterocycles. The van der Waals surface area contributed by atoms with Crippen molar-refractivity contribution < 1.29 is 33.2 Å². The number of carbonyl (C=O) groups is 3. The number of quaternary nitrogens is 2. The lowest BCUT2D eigenvalue weighted by molar-refractivity contribution is -0.929. The highest BCUT2D eigenvalue weighted by molar-refractivity contribution is 5.81. The Balaban J connectivity index is -0.000000771. The molecule has 1 rings (SSSR count). The number of anilines is 1. The van der Waals surface area contributed by atoms with E-state index in [1.165, 1.54) is 171 Å². The number of hydrazine groups is 2. The van der Waals surface area contributed by atoms with Gasteiger partial charge in [-0.05, 0) is 70.0 Å². The highest BCUT2D eigenvalue weighted by Crippen LogP contribution is 2.18. The van der Waals surface area contributed by atoms with Gasteiger partial charge in [-0.3, -0.25) is 45.7 Å². The number of rotatable bonds is 31. The van der Waals surface area contributed by atoms with Crippen molar-refractivity contribution in [1.82, 2.24) is 16.3 Å². The molecule has 0 bridgehead atoms. The normalized spacial score (nSPS) is 11.0. The van der Waals surface area contributed by atoms with Crippen LogP contribution in [0.15, 0.2) is 9.59 Å². The van der Waals surface area contributed by atoms with Gasteiger partial charge in [0.15, 0.2) is 0 Å². The second kappa shape index (κ2) is 37.2. The maximum Gasteiger partial charge on any atom is 0.249 e. The zero-order valence-electron chi connectivity index (χ0n) is 38.0. The summed E-state index contributed by atoms with van der Waals surface area (Å²) in [5.74, 6) is -2.22. The smallest absolute Gasteiger partial charge is 0.249 e. The third-order valence-electron chi connectivity index (χ3n) is 10.5. The van der Waals surface area contributed by atoms with Crippen LogP contribution in [-0.4, -0.2) is 79.0 Å². The molecule has 0 unspecified atom stereocenters. The van der Waals surface area contributed by atoms with Crippen molar-refractivity contribution >= 4 is 23.4 Å².